The Bertz CT molecular complexity index is 454. The molecule has 110 valence electrons. The third-order valence-corrected chi connectivity index (χ3v) is 5.40. The highest BCUT2D eigenvalue weighted by Crippen LogP contribution is 2.48. The van der Waals surface area contributed by atoms with Crippen molar-refractivity contribution in [1.29, 1.82) is 0 Å². The molecule has 3 rings (SSSR count). The Morgan fingerprint density at radius 3 is 1.70 bits per heavy atom. The minimum absolute atomic E-state index is 0.509. The molecule has 20 heavy (non-hydrogen) atoms. The number of benzene rings is 1. The fourth-order valence-electron chi connectivity index (χ4n) is 4.20. The maximum absolute atomic E-state index is 5.61. The molecule has 1 heteroatoms. The van der Waals surface area contributed by atoms with Gasteiger partial charge < -0.3 is 4.74 Å². The lowest BCUT2D eigenvalue weighted by atomic mass is 9.77. The van der Waals surface area contributed by atoms with E-state index in [1.165, 1.54) is 25.7 Å². The summed E-state index contributed by atoms with van der Waals surface area (Å²) in [5.74, 6) is 1.28. The van der Waals surface area contributed by atoms with Crippen molar-refractivity contribution in [3.63, 3.8) is 0 Å². The van der Waals surface area contributed by atoms with Crippen molar-refractivity contribution in [2.24, 2.45) is 5.41 Å². The SMILES string of the molecule is CC(C)c1ccc(C(C)C)c2c1CC1(CCOCC1)C2. The number of rotatable bonds is 2. The third kappa shape index (κ3) is 2.30. The molecule has 1 aromatic carbocycles. The van der Waals surface area contributed by atoms with Gasteiger partial charge >= 0.3 is 0 Å². The van der Waals surface area contributed by atoms with Gasteiger partial charge in [-0.2, -0.15) is 0 Å². The van der Waals surface area contributed by atoms with E-state index in [2.05, 4.69) is 39.8 Å². The van der Waals surface area contributed by atoms with Crippen molar-refractivity contribution >= 4 is 0 Å². The molecule has 0 aromatic heterocycles. The van der Waals surface area contributed by atoms with Crippen LogP contribution < -0.4 is 0 Å². The average Bonchev–Trinajstić information content (AvgIpc) is 2.75. The van der Waals surface area contributed by atoms with E-state index >= 15 is 0 Å². The Morgan fingerprint density at radius 2 is 1.30 bits per heavy atom. The average molecular weight is 272 g/mol. The maximum atomic E-state index is 5.61. The first-order valence-corrected chi connectivity index (χ1v) is 8.25. The Balaban J connectivity index is 2.04. The minimum Gasteiger partial charge on any atom is -0.381 e. The smallest absolute Gasteiger partial charge is 0.0471 e. The summed E-state index contributed by atoms with van der Waals surface area (Å²) in [7, 11) is 0. The van der Waals surface area contributed by atoms with E-state index < -0.39 is 0 Å². The molecule has 1 saturated heterocycles. The van der Waals surface area contributed by atoms with Crippen LogP contribution in [-0.4, -0.2) is 13.2 Å². The van der Waals surface area contributed by atoms with Crippen molar-refractivity contribution in [1.82, 2.24) is 0 Å². The Kier molecular flexibility index (Phi) is 3.66. The summed E-state index contributed by atoms with van der Waals surface area (Å²) in [5, 5.41) is 0. The number of ether oxygens (including phenoxy) is 1. The van der Waals surface area contributed by atoms with Crippen molar-refractivity contribution in [3.8, 4) is 0 Å². The predicted molar refractivity (Wildman–Crippen MR) is 84.5 cm³/mol. The highest BCUT2D eigenvalue weighted by atomic mass is 16.5. The zero-order valence-electron chi connectivity index (χ0n) is 13.5. The second kappa shape index (κ2) is 5.18. The largest absolute Gasteiger partial charge is 0.381 e. The van der Waals surface area contributed by atoms with Gasteiger partial charge in [0.15, 0.2) is 0 Å². The molecular formula is C19H28O. The Hall–Kier alpha value is -0.820. The molecule has 1 aliphatic heterocycles. The van der Waals surface area contributed by atoms with Gasteiger partial charge in [0, 0.05) is 13.2 Å². The quantitative estimate of drug-likeness (QED) is 0.749. The van der Waals surface area contributed by atoms with Gasteiger partial charge in [-0.25, -0.2) is 0 Å². The molecule has 0 atom stereocenters. The second-order valence-electron chi connectivity index (χ2n) is 7.48. The molecule has 1 nitrogen and oxygen atoms in total. The van der Waals surface area contributed by atoms with Crippen LogP contribution in [0.4, 0.5) is 0 Å². The van der Waals surface area contributed by atoms with E-state index in [0.29, 0.717) is 17.3 Å². The lowest BCUT2D eigenvalue weighted by Gasteiger charge is -2.33. The van der Waals surface area contributed by atoms with Gasteiger partial charge in [-0.1, -0.05) is 39.8 Å². The summed E-state index contributed by atoms with van der Waals surface area (Å²) in [6, 6.07) is 4.80. The Labute approximate surface area is 123 Å². The van der Waals surface area contributed by atoms with E-state index in [1.807, 2.05) is 0 Å². The number of hydrogen-bond acceptors (Lipinski definition) is 1. The highest BCUT2D eigenvalue weighted by Gasteiger charge is 2.40. The summed E-state index contributed by atoms with van der Waals surface area (Å²) in [5.41, 5.74) is 7.07. The molecule has 1 aromatic rings. The van der Waals surface area contributed by atoms with E-state index in [-0.39, 0.29) is 0 Å². The van der Waals surface area contributed by atoms with Gasteiger partial charge in [-0.3, -0.25) is 0 Å². The summed E-state index contributed by atoms with van der Waals surface area (Å²) in [4.78, 5) is 0. The first kappa shape index (κ1) is 14.1. The van der Waals surface area contributed by atoms with Crippen LogP contribution in [0.2, 0.25) is 0 Å². The molecule has 1 spiro atoms. The van der Waals surface area contributed by atoms with Crippen LogP contribution in [0, 0.1) is 5.41 Å². The molecule has 1 fully saturated rings. The fourth-order valence-corrected chi connectivity index (χ4v) is 4.20. The van der Waals surface area contributed by atoms with E-state index in [9.17, 15) is 0 Å². The van der Waals surface area contributed by atoms with E-state index in [0.717, 1.165) is 13.2 Å². The van der Waals surface area contributed by atoms with Gasteiger partial charge in [0.2, 0.25) is 0 Å². The summed E-state index contributed by atoms with van der Waals surface area (Å²) < 4.78 is 5.61. The normalized spacial score (nSPS) is 20.9. The Morgan fingerprint density at radius 1 is 0.850 bits per heavy atom. The first-order chi connectivity index (χ1) is 9.52. The third-order valence-electron chi connectivity index (χ3n) is 5.40. The van der Waals surface area contributed by atoms with Crippen LogP contribution in [-0.2, 0) is 17.6 Å². The standard InChI is InChI=1S/C19H28O/c1-13(2)15-5-6-16(14(3)4)18-12-19(11-17(15)18)7-9-20-10-8-19/h5-6,13-14H,7-12H2,1-4H3. The highest BCUT2D eigenvalue weighted by molar-refractivity contribution is 5.48. The molecule has 0 radical (unpaired) electrons. The lowest BCUT2D eigenvalue weighted by Crippen LogP contribution is -2.30. The zero-order chi connectivity index (χ0) is 14.3. The molecule has 0 N–H and O–H groups in total. The van der Waals surface area contributed by atoms with Crippen LogP contribution >= 0.6 is 0 Å². The van der Waals surface area contributed by atoms with Crippen LogP contribution in [0.1, 0.15) is 74.6 Å². The molecule has 1 aliphatic carbocycles. The molecule has 0 bridgehead atoms. The molecular weight excluding hydrogens is 244 g/mol. The first-order valence-electron chi connectivity index (χ1n) is 8.25. The summed E-state index contributed by atoms with van der Waals surface area (Å²) >= 11 is 0. The number of hydrogen-bond donors (Lipinski definition) is 0. The van der Waals surface area contributed by atoms with E-state index in [4.69, 9.17) is 4.74 Å². The van der Waals surface area contributed by atoms with Gasteiger partial charge in [0.05, 0.1) is 0 Å². The second-order valence-corrected chi connectivity index (χ2v) is 7.48. The molecule has 0 saturated carbocycles. The topological polar surface area (TPSA) is 9.23 Å². The van der Waals surface area contributed by atoms with E-state index in [1.54, 1.807) is 22.3 Å². The maximum Gasteiger partial charge on any atom is 0.0471 e. The van der Waals surface area contributed by atoms with Gasteiger partial charge in [-0.15, -0.1) is 0 Å². The van der Waals surface area contributed by atoms with Crippen LogP contribution in [0.15, 0.2) is 12.1 Å². The van der Waals surface area contributed by atoms with Crippen molar-refractivity contribution in [3.05, 3.63) is 34.4 Å². The summed E-state index contributed by atoms with van der Waals surface area (Å²) in [6.45, 7) is 11.3. The molecule has 1 heterocycles. The molecule has 2 aliphatic rings. The molecule has 0 amide bonds. The predicted octanol–water partition coefficient (Wildman–Crippen LogP) is 4.83. The fraction of sp³-hybridized carbons (Fsp3) is 0.684. The van der Waals surface area contributed by atoms with Crippen molar-refractivity contribution < 1.29 is 4.74 Å². The monoisotopic (exact) mass is 272 g/mol. The van der Waals surface area contributed by atoms with Crippen LogP contribution in [0.25, 0.3) is 0 Å². The number of fused-ring (bicyclic) bond motifs is 1. The lowest BCUT2D eigenvalue weighted by molar-refractivity contribution is 0.0197. The van der Waals surface area contributed by atoms with Gasteiger partial charge in [0.1, 0.15) is 0 Å². The summed E-state index contributed by atoms with van der Waals surface area (Å²) in [6.07, 6.45) is 5.08. The van der Waals surface area contributed by atoms with Crippen LogP contribution in [0.5, 0.6) is 0 Å². The van der Waals surface area contributed by atoms with Gasteiger partial charge in [0.25, 0.3) is 0 Å². The molecule has 0 unspecified atom stereocenters. The zero-order valence-corrected chi connectivity index (χ0v) is 13.5. The van der Waals surface area contributed by atoms with Crippen molar-refractivity contribution in [2.75, 3.05) is 13.2 Å². The minimum atomic E-state index is 0.509. The van der Waals surface area contributed by atoms with Gasteiger partial charge in [-0.05, 0) is 65.2 Å². The van der Waals surface area contributed by atoms with Crippen molar-refractivity contribution in [2.45, 2.75) is 65.2 Å². The van der Waals surface area contributed by atoms with Crippen LogP contribution in [0.3, 0.4) is 0 Å².